The number of aromatic nitrogens is 2. The van der Waals surface area contributed by atoms with Crippen molar-refractivity contribution in [3.8, 4) is 33.6 Å². The molecule has 0 radical (unpaired) electrons. The summed E-state index contributed by atoms with van der Waals surface area (Å²) >= 11 is 0. The first-order chi connectivity index (χ1) is 57.4. The highest BCUT2D eigenvalue weighted by Gasteiger charge is 2.47. The Balaban J connectivity index is 0.854. The van der Waals surface area contributed by atoms with Crippen LogP contribution in [0.25, 0.3) is 77.2 Å². The fourth-order valence-electron chi connectivity index (χ4n) is 20.3. The van der Waals surface area contributed by atoms with Crippen LogP contribution in [0.5, 0.6) is 0 Å². The van der Waals surface area contributed by atoms with E-state index in [1.54, 1.807) is 0 Å². The molecule has 0 atom stereocenters. The molecular weight excluding hydrogens is 1440 g/mol. The Hall–Kier alpha value is -13.6. The minimum atomic E-state index is -2.99. The summed E-state index contributed by atoms with van der Waals surface area (Å²) in [5, 5.41) is 15.6. The van der Waals surface area contributed by atoms with Gasteiger partial charge < -0.3 is 18.9 Å². The molecule has 7 heteroatoms. The Morgan fingerprint density at radius 1 is 0.231 bits per heavy atom. The molecule has 0 saturated carbocycles. The minimum Gasteiger partial charge on any atom is -0.311 e. The summed E-state index contributed by atoms with van der Waals surface area (Å²) < 4.78 is 5.18. The van der Waals surface area contributed by atoms with Gasteiger partial charge in [0.2, 0.25) is 0 Å². The van der Waals surface area contributed by atoms with Crippen LogP contribution in [0.3, 0.4) is 0 Å². The summed E-state index contributed by atoms with van der Waals surface area (Å²) in [4.78, 5) is 5.29. The molecule has 0 aliphatic carbocycles. The zero-order valence-corrected chi connectivity index (χ0v) is 68.7. The molecule has 2 aromatic heterocycles. The van der Waals surface area contributed by atoms with E-state index in [1.165, 1.54) is 113 Å². The van der Waals surface area contributed by atoms with E-state index >= 15 is 0 Å². The van der Waals surface area contributed by atoms with Crippen LogP contribution in [0.2, 0.25) is 0 Å². The molecule has 558 valence electrons. The Morgan fingerprint density at radius 3 is 0.880 bits per heavy atom. The average molecular weight is 1530 g/mol. The lowest BCUT2D eigenvalue weighted by Gasteiger charge is -2.45. The lowest BCUT2D eigenvalue weighted by Crippen LogP contribution is -2.74. The highest BCUT2D eigenvalue weighted by atomic mass is 28.3. The second-order valence-electron chi connectivity index (χ2n) is 33.8. The second kappa shape index (κ2) is 28.2. The van der Waals surface area contributed by atoms with Crippen molar-refractivity contribution < 1.29 is 0 Å². The van der Waals surface area contributed by atoms with E-state index < -0.39 is 16.1 Å². The fraction of sp³-hybridized carbons (Fsp3) is 0.0727. The largest absolute Gasteiger partial charge is 0.311 e. The molecule has 19 aromatic rings. The zero-order valence-electron chi connectivity index (χ0n) is 66.7. The standard InChI is InChI=1S/C110H87BN4Si2/c1-109(2,3)94-60-35-58-92-90-56-27-31-64-100(90)112(107(92)94)78-68-70-102-96(74-78)111-97-75-79(113-101-65-32-28-57-91(101)93-59-36-61-95(108(93)113)110(4,5)6)69-71-103(97)115(99-63-30-26-55-89(99)77-39-34-53-87(73-77)117(83-46-19-10-20-47-83,84-48-21-11-22-49-84)85-50-23-12-24-51-85)105-67-37-66-104(106(105)111)114(102)98-62-29-25-54-88(98)76-38-33-52-86(72-76)116(80-40-13-7-14-41-80,81-42-15-8-16-43-81)82-44-17-9-18-45-82/h7-75H,1-6H3. The molecule has 0 saturated heterocycles. The quantitative estimate of drug-likeness (QED) is 0.0797. The smallest absolute Gasteiger partial charge is 0.252 e. The Morgan fingerprint density at radius 2 is 0.521 bits per heavy atom. The molecule has 4 nitrogen and oxygen atoms in total. The van der Waals surface area contributed by atoms with Gasteiger partial charge in [-0.2, -0.15) is 0 Å². The lowest BCUT2D eigenvalue weighted by atomic mass is 9.33. The molecule has 0 amide bonds. The molecule has 0 fully saturated rings. The third kappa shape index (κ3) is 11.3. The van der Waals surface area contributed by atoms with Crippen LogP contribution in [-0.4, -0.2) is 32.0 Å². The molecule has 21 rings (SSSR count). The number of anilines is 6. The Bertz CT molecular complexity index is 6430. The van der Waals surface area contributed by atoms with Crippen LogP contribution >= 0.6 is 0 Å². The Kier molecular flexibility index (Phi) is 17.2. The monoisotopic (exact) mass is 1530 g/mol. The van der Waals surface area contributed by atoms with Crippen molar-refractivity contribution in [1.29, 1.82) is 0 Å². The maximum absolute atomic E-state index is 2.99. The van der Waals surface area contributed by atoms with Gasteiger partial charge in [0.25, 0.3) is 6.71 Å². The van der Waals surface area contributed by atoms with Crippen LogP contribution in [0.15, 0.2) is 419 Å². The highest BCUT2D eigenvalue weighted by molar-refractivity contribution is 7.20. The van der Waals surface area contributed by atoms with Crippen molar-refractivity contribution in [1.82, 2.24) is 9.13 Å². The molecule has 4 heterocycles. The van der Waals surface area contributed by atoms with Crippen molar-refractivity contribution in [2.24, 2.45) is 0 Å². The van der Waals surface area contributed by atoms with Gasteiger partial charge in [-0.1, -0.05) is 387 Å². The maximum Gasteiger partial charge on any atom is 0.252 e. The zero-order chi connectivity index (χ0) is 78.7. The van der Waals surface area contributed by atoms with Crippen LogP contribution in [-0.2, 0) is 10.8 Å². The summed E-state index contributed by atoms with van der Waals surface area (Å²) in [6.07, 6.45) is 0. The Labute approximate surface area is 688 Å². The SMILES string of the molecule is CC(C)(C)c1cccc2c3ccccc3n(-c3ccc4c(c3)B3c5cc(-n6c7ccccc7c7cccc(C(C)(C)C)c76)ccc5N(c5ccccc5-c5cccc([Si](c6ccccc6)(c6ccccc6)c6ccccc6)c5)c5cccc(c53)N4c3ccccc3-c3cccc([Si](c4ccccc4)(c4ccccc4)c4ccccc4)c3)c12. The number of hydrogen-bond donors (Lipinski definition) is 0. The number of benzene rings is 17. The predicted octanol–water partition coefficient (Wildman–Crippen LogP) is 20.6. The van der Waals surface area contributed by atoms with E-state index in [2.05, 4.69) is 479 Å². The second-order valence-corrected chi connectivity index (χ2v) is 41.4. The van der Waals surface area contributed by atoms with Gasteiger partial charge in [-0.05, 0) is 164 Å². The minimum absolute atomic E-state index is 0.173. The molecule has 0 spiro atoms. The van der Waals surface area contributed by atoms with E-state index in [0.717, 1.165) is 67.8 Å². The van der Waals surface area contributed by atoms with Gasteiger partial charge in [0.05, 0.1) is 33.4 Å². The summed E-state index contributed by atoms with van der Waals surface area (Å²) in [6, 6.07) is 160. The molecule has 2 aliphatic rings. The van der Waals surface area contributed by atoms with Crippen molar-refractivity contribution in [3.05, 3.63) is 430 Å². The van der Waals surface area contributed by atoms with Gasteiger partial charge in [0.15, 0.2) is 16.1 Å². The van der Waals surface area contributed by atoms with Crippen LogP contribution in [0, 0.1) is 0 Å². The first kappa shape index (κ1) is 71.2. The number of rotatable bonds is 14. The normalized spacial score (nSPS) is 12.8. The number of para-hydroxylation sites is 6. The van der Waals surface area contributed by atoms with Gasteiger partial charge in [-0.15, -0.1) is 0 Å². The average Bonchev–Trinajstić information content (AvgIpc) is 0.888. The molecule has 17 aromatic carbocycles. The van der Waals surface area contributed by atoms with Gasteiger partial charge in [0.1, 0.15) is 0 Å². The summed E-state index contributed by atoms with van der Waals surface area (Å²) in [5.41, 5.74) is 24.3. The van der Waals surface area contributed by atoms with E-state index in [4.69, 9.17) is 0 Å². The van der Waals surface area contributed by atoms with Crippen molar-refractivity contribution >= 4 is 158 Å². The highest BCUT2D eigenvalue weighted by Crippen LogP contribution is 2.50. The molecule has 0 unspecified atom stereocenters. The van der Waals surface area contributed by atoms with Crippen LogP contribution < -0.4 is 67.7 Å². The molecule has 2 aliphatic heterocycles. The van der Waals surface area contributed by atoms with E-state index in [9.17, 15) is 0 Å². The predicted molar refractivity (Wildman–Crippen MR) is 505 cm³/mol. The van der Waals surface area contributed by atoms with Gasteiger partial charge in [-0.3, -0.25) is 0 Å². The van der Waals surface area contributed by atoms with E-state index in [1.807, 2.05) is 0 Å². The van der Waals surface area contributed by atoms with E-state index in [-0.39, 0.29) is 17.5 Å². The summed E-state index contributed by atoms with van der Waals surface area (Å²) in [6.45, 7) is 13.9. The van der Waals surface area contributed by atoms with Crippen molar-refractivity contribution in [3.63, 3.8) is 0 Å². The van der Waals surface area contributed by atoms with Crippen molar-refractivity contribution in [2.45, 2.75) is 52.4 Å². The molecule has 0 N–H and O–H groups in total. The fourth-order valence-corrected chi connectivity index (χ4v) is 29.9. The van der Waals surface area contributed by atoms with E-state index in [0.29, 0.717) is 0 Å². The first-order valence-electron chi connectivity index (χ1n) is 41.2. The number of nitrogens with zero attached hydrogens (tertiary/aromatic N) is 4. The van der Waals surface area contributed by atoms with Crippen LogP contribution in [0.4, 0.5) is 34.1 Å². The maximum atomic E-state index is 2.64. The van der Waals surface area contributed by atoms with Crippen molar-refractivity contribution in [2.75, 3.05) is 9.80 Å². The summed E-state index contributed by atoms with van der Waals surface area (Å²) in [7, 11) is -5.98. The third-order valence-electron chi connectivity index (χ3n) is 25.2. The number of hydrogen-bond acceptors (Lipinski definition) is 2. The first-order valence-corrected chi connectivity index (χ1v) is 45.2. The number of fused-ring (bicyclic) bond motifs is 10. The van der Waals surface area contributed by atoms with Gasteiger partial charge in [-0.25, -0.2) is 0 Å². The lowest BCUT2D eigenvalue weighted by molar-refractivity contribution is 0.593. The third-order valence-corrected chi connectivity index (χ3v) is 34.8. The topological polar surface area (TPSA) is 16.3 Å². The molecule has 117 heavy (non-hydrogen) atoms. The molecular formula is C110H87BN4Si2. The molecule has 0 bridgehead atoms. The van der Waals surface area contributed by atoms with Gasteiger partial charge >= 0.3 is 0 Å². The van der Waals surface area contributed by atoms with Gasteiger partial charge in [0, 0.05) is 66.8 Å². The van der Waals surface area contributed by atoms with Crippen LogP contribution in [0.1, 0.15) is 52.7 Å². The summed E-state index contributed by atoms with van der Waals surface area (Å²) in [5.74, 6) is 0.